The minimum Gasteiger partial charge on any atom is -0.337 e. The number of likely N-dealkylation sites (tertiary alicyclic amines) is 1. The number of carbonyl (C=O) groups excluding carboxylic acids is 1. The van der Waals surface area contributed by atoms with Gasteiger partial charge >= 0.3 is 0 Å². The van der Waals surface area contributed by atoms with E-state index >= 15 is 0 Å². The van der Waals surface area contributed by atoms with Crippen LogP contribution in [0.15, 0.2) is 29.0 Å². The second-order valence-corrected chi connectivity index (χ2v) is 7.23. The summed E-state index contributed by atoms with van der Waals surface area (Å²) < 4.78 is 20.9. The Morgan fingerprint density at radius 1 is 1.25 bits per heavy atom. The maximum Gasteiger partial charge on any atom is 0.256 e. The van der Waals surface area contributed by atoms with Crippen LogP contribution in [0.1, 0.15) is 34.8 Å². The lowest BCUT2D eigenvalue weighted by Crippen LogP contribution is -2.25. The molecule has 4 heterocycles. The van der Waals surface area contributed by atoms with Gasteiger partial charge in [-0.05, 0) is 44.1 Å². The maximum absolute atomic E-state index is 13.7. The molecule has 28 heavy (non-hydrogen) atoms. The highest BCUT2D eigenvalue weighted by atomic mass is 19.1. The SMILES string of the molecule is CN1Cc2c(-c3noc(CN4CCCC4)n3)ncn2-c2ccc(F)cc2C1=O. The predicted octanol–water partition coefficient (Wildman–Crippen LogP) is 2.24. The molecule has 0 radical (unpaired) electrons. The quantitative estimate of drug-likeness (QED) is 0.691. The van der Waals surface area contributed by atoms with Crippen LogP contribution < -0.4 is 0 Å². The van der Waals surface area contributed by atoms with Gasteiger partial charge in [0.05, 0.1) is 30.0 Å². The number of imidazole rings is 1. The molecular formula is C19H19FN6O2. The van der Waals surface area contributed by atoms with E-state index in [9.17, 15) is 9.18 Å². The van der Waals surface area contributed by atoms with E-state index < -0.39 is 5.82 Å². The van der Waals surface area contributed by atoms with Crippen molar-refractivity contribution in [2.75, 3.05) is 20.1 Å². The van der Waals surface area contributed by atoms with Gasteiger partial charge in [-0.15, -0.1) is 0 Å². The second-order valence-electron chi connectivity index (χ2n) is 7.23. The number of hydrogen-bond donors (Lipinski definition) is 0. The fraction of sp³-hybridized carbons (Fsp3) is 0.368. The molecule has 9 heteroatoms. The van der Waals surface area contributed by atoms with Crippen molar-refractivity contribution in [3.8, 4) is 17.2 Å². The number of hydrogen-bond acceptors (Lipinski definition) is 6. The van der Waals surface area contributed by atoms with Crippen LogP contribution in [0.4, 0.5) is 4.39 Å². The molecule has 5 rings (SSSR count). The molecule has 0 saturated carbocycles. The Balaban J connectivity index is 1.54. The van der Waals surface area contributed by atoms with E-state index in [-0.39, 0.29) is 5.91 Å². The molecule has 8 nitrogen and oxygen atoms in total. The van der Waals surface area contributed by atoms with Gasteiger partial charge in [0.15, 0.2) is 0 Å². The third-order valence-electron chi connectivity index (χ3n) is 5.29. The van der Waals surface area contributed by atoms with E-state index in [0.717, 1.165) is 18.8 Å². The van der Waals surface area contributed by atoms with Gasteiger partial charge in [-0.2, -0.15) is 4.98 Å². The monoisotopic (exact) mass is 382 g/mol. The molecule has 144 valence electrons. The fourth-order valence-corrected chi connectivity index (χ4v) is 3.86. The van der Waals surface area contributed by atoms with Crippen LogP contribution in [0.25, 0.3) is 17.2 Å². The first-order chi connectivity index (χ1) is 13.6. The lowest BCUT2D eigenvalue weighted by molar-refractivity contribution is 0.0787. The molecule has 0 atom stereocenters. The summed E-state index contributed by atoms with van der Waals surface area (Å²) in [4.78, 5) is 25.5. The largest absolute Gasteiger partial charge is 0.337 e. The summed E-state index contributed by atoms with van der Waals surface area (Å²) in [6, 6.07) is 4.18. The third kappa shape index (κ3) is 2.78. The van der Waals surface area contributed by atoms with E-state index in [4.69, 9.17) is 4.52 Å². The zero-order chi connectivity index (χ0) is 19.3. The summed E-state index contributed by atoms with van der Waals surface area (Å²) in [5, 5.41) is 4.10. The average Bonchev–Trinajstić information content (AvgIpc) is 3.42. The van der Waals surface area contributed by atoms with Crippen LogP contribution >= 0.6 is 0 Å². The number of rotatable bonds is 3. The molecule has 0 spiro atoms. The Kier molecular flexibility index (Phi) is 3.97. The lowest BCUT2D eigenvalue weighted by atomic mass is 10.1. The van der Waals surface area contributed by atoms with Crippen molar-refractivity contribution in [2.45, 2.75) is 25.9 Å². The summed E-state index contributed by atoms with van der Waals surface area (Å²) in [6.07, 6.45) is 4.00. The predicted molar refractivity (Wildman–Crippen MR) is 97.1 cm³/mol. The van der Waals surface area contributed by atoms with Crippen molar-refractivity contribution >= 4 is 5.91 Å². The lowest BCUT2D eigenvalue weighted by Gasteiger charge is -2.14. The highest BCUT2D eigenvalue weighted by Crippen LogP contribution is 2.30. The van der Waals surface area contributed by atoms with Crippen molar-refractivity contribution in [3.05, 3.63) is 47.5 Å². The minimum atomic E-state index is -0.450. The Bertz CT molecular complexity index is 1050. The van der Waals surface area contributed by atoms with E-state index in [0.29, 0.717) is 41.7 Å². The zero-order valence-electron chi connectivity index (χ0n) is 15.4. The van der Waals surface area contributed by atoms with Crippen molar-refractivity contribution in [1.29, 1.82) is 0 Å². The highest BCUT2D eigenvalue weighted by Gasteiger charge is 2.28. The maximum atomic E-state index is 13.7. The van der Waals surface area contributed by atoms with Gasteiger partial charge in [-0.3, -0.25) is 14.3 Å². The standard InChI is InChI=1S/C19H19FN6O2/c1-24-9-15-17(18-22-16(28-23-18)10-25-6-2-3-7-25)21-11-26(15)14-5-4-12(20)8-13(14)19(24)27/h4-5,8,11H,2-3,6-7,9-10H2,1H3. The Hall–Kier alpha value is -3.07. The van der Waals surface area contributed by atoms with Crippen molar-refractivity contribution in [1.82, 2.24) is 29.5 Å². The minimum absolute atomic E-state index is 0.244. The molecule has 0 aliphatic carbocycles. The van der Waals surface area contributed by atoms with Gasteiger partial charge in [0.2, 0.25) is 11.7 Å². The first-order valence-corrected chi connectivity index (χ1v) is 9.27. The second kappa shape index (κ2) is 6.52. The number of fused-ring (bicyclic) bond motifs is 3. The van der Waals surface area contributed by atoms with Gasteiger partial charge in [-0.25, -0.2) is 9.37 Å². The van der Waals surface area contributed by atoms with Gasteiger partial charge in [0.1, 0.15) is 17.8 Å². The molecule has 1 fully saturated rings. The van der Waals surface area contributed by atoms with E-state index in [1.54, 1.807) is 24.0 Å². The van der Waals surface area contributed by atoms with Crippen LogP contribution in [0.5, 0.6) is 0 Å². The Morgan fingerprint density at radius 3 is 2.89 bits per heavy atom. The normalized spacial score (nSPS) is 16.9. The number of aromatic nitrogens is 4. The average molecular weight is 382 g/mol. The summed E-state index contributed by atoms with van der Waals surface area (Å²) in [7, 11) is 1.68. The molecule has 0 bridgehead atoms. The van der Waals surface area contributed by atoms with E-state index in [2.05, 4.69) is 20.0 Å². The molecule has 0 unspecified atom stereocenters. The summed E-state index contributed by atoms with van der Waals surface area (Å²) in [6.45, 7) is 3.01. The zero-order valence-corrected chi connectivity index (χ0v) is 15.4. The first kappa shape index (κ1) is 17.1. The number of halogens is 1. The molecule has 2 aromatic heterocycles. The molecule has 1 amide bonds. The van der Waals surface area contributed by atoms with Crippen LogP contribution in [0, 0.1) is 5.82 Å². The third-order valence-corrected chi connectivity index (χ3v) is 5.29. The van der Waals surface area contributed by atoms with E-state index in [1.165, 1.54) is 29.9 Å². The number of carbonyl (C=O) groups is 1. The fourth-order valence-electron chi connectivity index (χ4n) is 3.86. The van der Waals surface area contributed by atoms with Crippen molar-refractivity contribution in [2.24, 2.45) is 0 Å². The molecule has 1 saturated heterocycles. The number of nitrogens with zero attached hydrogens (tertiary/aromatic N) is 6. The van der Waals surface area contributed by atoms with Crippen molar-refractivity contribution in [3.63, 3.8) is 0 Å². The van der Waals surface area contributed by atoms with Gasteiger partial charge in [-0.1, -0.05) is 5.16 Å². The smallest absolute Gasteiger partial charge is 0.256 e. The molecule has 0 N–H and O–H groups in total. The van der Waals surface area contributed by atoms with Gasteiger partial charge < -0.3 is 9.42 Å². The Morgan fingerprint density at radius 2 is 2.07 bits per heavy atom. The molecular weight excluding hydrogens is 363 g/mol. The van der Waals surface area contributed by atoms with Crippen LogP contribution in [0.3, 0.4) is 0 Å². The van der Waals surface area contributed by atoms with Crippen molar-refractivity contribution < 1.29 is 13.7 Å². The Labute approximate surface area is 160 Å². The summed E-state index contributed by atoms with van der Waals surface area (Å²) >= 11 is 0. The molecule has 2 aliphatic rings. The molecule has 1 aromatic carbocycles. The summed E-state index contributed by atoms with van der Waals surface area (Å²) in [5.74, 6) is 0.259. The van der Waals surface area contributed by atoms with E-state index in [1.807, 2.05) is 0 Å². The van der Waals surface area contributed by atoms with Crippen LogP contribution in [-0.2, 0) is 13.1 Å². The topological polar surface area (TPSA) is 80.3 Å². The summed E-state index contributed by atoms with van der Waals surface area (Å²) in [5.41, 5.74) is 2.21. The number of amides is 1. The van der Waals surface area contributed by atoms with Gasteiger partial charge in [0, 0.05) is 7.05 Å². The highest BCUT2D eigenvalue weighted by molar-refractivity contribution is 5.98. The van der Waals surface area contributed by atoms with Crippen LogP contribution in [-0.4, -0.2) is 55.5 Å². The molecule has 3 aromatic rings. The molecule has 2 aliphatic heterocycles. The van der Waals surface area contributed by atoms with Gasteiger partial charge in [0.25, 0.3) is 5.91 Å². The first-order valence-electron chi connectivity index (χ1n) is 9.27. The van der Waals surface area contributed by atoms with Crippen LogP contribution in [0.2, 0.25) is 0 Å². The number of benzene rings is 1.